The van der Waals surface area contributed by atoms with Crippen molar-refractivity contribution >= 4 is 17.3 Å². The molecule has 21 heavy (non-hydrogen) atoms. The lowest BCUT2D eigenvalue weighted by atomic mass is 10.1. The van der Waals surface area contributed by atoms with Crippen LogP contribution in [0.5, 0.6) is 0 Å². The zero-order valence-electron chi connectivity index (χ0n) is 10.8. The second-order valence-corrected chi connectivity index (χ2v) is 4.40. The maximum atomic E-state index is 13.8. The molecule has 0 unspecified atom stereocenters. The molecule has 110 valence electrons. The Balaban J connectivity index is 2.40. The molecule has 0 aliphatic rings. The van der Waals surface area contributed by atoms with E-state index in [9.17, 15) is 22.4 Å². The van der Waals surface area contributed by atoms with E-state index in [-0.39, 0.29) is 11.3 Å². The van der Waals surface area contributed by atoms with Crippen LogP contribution in [0.2, 0.25) is 0 Å². The topological polar surface area (TPSA) is 55.1 Å². The lowest BCUT2D eigenvalue weighted by molar-refractivity contribution is 0.102. The fraction of sp³-hybridized carbons (Fsp3) is 0.0714. The Hall–Kier alpha value is -2.57. The fourth-order valence-electron chi connectivity index (χ4n) is 1.81. The van der Waals surface area contributed by atoms with Crippen LogP contribution >= 0.6 is 0 Å². The van der Waals surface area contributed by atoms with Crippen LogP contribution in [0, 0.1) is 30.2 Å². The van der Waals surface area contributed by atoms with Gasteiger partial charge in [-0.3, -0.25) is 4.79 Å². The number of carbonyl (C=O) groups excluding carboxylic acids is 1. The molecule has 0 saturated carbocycles. The number of hydrogen-bond donors (Lipinski definition) is 2. The summed E-state index contributed by atoms with van der Waals surface area (Å²) in [4.78, 5) is 11.9. The molecular weight excluding hydrogens is 288 g/mol. The van der Waals surface area contributed by atoms with Crippen LogP contribution in [0.1, 0.15) is 15.9 Å². The molecule has 0 heterocycles. The standard InChI is InChI=1S/C14H10F4N2O/c1-6-2-8(19)5-9(12(6)18)14(21)20-13-10(16)3-7(15)4-11(13)17/h2-5H,19H2,1H3,(H,20,21). The van der Waals surface area contributed by atoms with Crippen LogP contribution in [0.3, 0.4) is 0 Å². The SMILES string of the molecule is Cc1cc(N)cc(C(=O)Nc2c(F)cc(F)cc2F)c1F. The summed E-state index contributed by atoms with van der Waals surface area (Å²) in [6.07, 6.45) is 0. The van der Waals surface area contributed by atoms with Crippen molar-refractivity contribution in [2.24, 2.45) is 0 Å². The number of nitrogen functional groups attached to an aromatic ring is 1. The summed E-state index contributed by atoms with van der Waals surface area (Å²) >= 11 is 0. The van der Waals surface area contributed by atoms with Crippen molar-refractivity contribution in [1.82, 2.24) is 0 Å². The highest BCUT2D eigenvalue weighted by Crippen LogP contribution is 2.23. The van der Waals surface area contributed by atoms with Gasteiger partial charge in [0.1, 0.15) is 17.3 Å². The summed E-state index contributed by atoms with van der Waals surface area (Å²) in [5.41, 5.74) is 4.41. The molecule has 3 nitrogen and oxygen atoms in total. The lowest BCUT2D eigenvalue weighted by Gasteiger charge is -2.10. The molecule has 0 bridgehead atoms. The zero-order chi connectivity index (χ0) is 15.7. The number of carbonyl (C=O) groups is 1. The quantitative estimate of drug-likeness (QED) is 0.659. The number of nitrogens with one attached hydrogen (secondary N) is 1. The predicted octanol–water partition coefficient (Wildman–Crippen LogP) is 3.39. The monoisotopic (exact) mass is 298 g/mol. The van der Waals surface area contributed by atoms with Gasteiger partial charge in [0.2, 0.25) is 0 Å². The van der Waals surface area contributed by atoms with E-state index in [2.05, 4.69) is 0 Å². The molecule has 0 aromatic heterocycles. The van der Waals surface area contributed by atoms with Crippen LogP contribution < -0.4 is 11.1 Å². The van der Waals surface area contributed by atoms with Crippen LogP contribution in [-0.2, 0) is 0 Å². The highest BCUT2D eigenvalue weighted by Gasteiger charge is 2.19. The number of anilines is 2. The van der Waals surface area contributed by atoms with Crippen molar-refractivity contribution < 1.29 is 22.4 Å². The Kier molecular flexibility index (Phi) is 3.84. The minimum absolute atomic E-state index is 0.111. The van der Waals surface area contributed by atoms with E-state index in [4.69, 9.17) is 5.73 Å². The Morgan fingerprint density at radius 2 is 1.62 bits per heavy atom. The molecule has 0 atom stereocenters. The molecule has 1 amide bonds. The van der Waals surface area contributed by atoms with Crippen molar-refractivity contribution in [3.8, 4) is 0 Å². The van der Waals surface area contributed by atoms with Crippen LogP contribution in [0.4, 0.5) is 28.9 Å². The van der Waals surface area contributed by atoms with Gasteiger partial charge in [-0.15, -0.1) is 0 Å². The first-order valence-corrected chi connectivity index (χ1v) is 5.81. The van der Waals surface area contributed by atoms with E-state index in [1.807, 2.05) is 5.32 Å². The molecule has 2 aromatic rings. The molecular formula is C14H10F4N2O. The van der Waals surface area contributed by atoms with Crippen molar-refractivity contribution in [2.75, 3.05) is 11.1 Å². The van der Waals surface area contributed by atoms with E-state index in [1.165, 1.54) is 13.0 Å². The summed E-state index contributed by atoms with van der Waals surface area (Å²) in [5.74, 6) is -5.69. The molecule has 0 radical (unpaired) electrons. The van der Waals surface area contributed by atoms with Gasteiger partial charge in [0.05, 0.1) is 5.56 Å². The second-order valence-electron chi connectivity index (χ2n) is 4.40. The maximum Gasteiger partial charge on any atom is 0.258 e. The molecule has 0 aliphatic heterocycles. The van der Waals surface area contributed by atoms with Crippen LogP contribution in [-0.4, -0.2) is 5.91 Å². The lowest BCUT2D eigenvalue weighted by Crippen LogP contribution is -2.17. The molecule has 7 heteroatoms. The summed E-state index contributed by atoms with van der Waals surface area (Å²) in [6.45, 7) is 1.39. The van der Waals surface area contributed by atoms with Gasteiger partial charge in [-0.05, 0) is 24.6 Å². The van der Waals surface area contributed by atoms with Gasteiger partial charge in [0.25, 0.3) is 5.91 Å². The third-order valence-electron chi connectivity index (χ3n) is 2.77. The Labute approximate surface area is 117 Å². The van der Waals surface area contributed by atoms with Crippen LogP contribution in [0.25, 0.3) is 0 Å². The molecule has 0 saturated heterocycles. The van der Waals surface area contributed by atoms with E-state index in [1.54, 1.807) is 0 Å². The molecule has 0 spiro atoms. The first kappa shape index (κ1) is 14.8. The van der Waals surface area contributed by atoms with Gasteiger partial charge in [0.15, 0.2) is 11.6 Å². The molecule has 0 fully saturated rings. The van der Waals surface area contributed by atoms with E-state index in [0.29, 0.717) is 12.1 Å². The van der Waals surface area contributed by atoms with Gasteiger partial charge in [0, 0.05) is 17.8 Å². The smallest absolute Gasteiger partial charge is 0.258 e. The first-order chi connectivity index (χ1) is 9.79. The van der Waals surface area contributed by atoms with Crippen molar-refractivity contribution in [1.29, 1.82) is 0 Å². The van der Waals surface area contributed by atoms with Crippen LogP contribution in [0.15, 0.2) is 24.3 Å². The van der Waals surface area contributed by atoms with E-state index < -0.39 is 40.4 Å². The molecule has 2 rings (SSSR count). The molecule has 3 N–H and O–H groups in total. The summed E-state index contributed by atoms with van der Waals surface area (Å²) < 4.78 is 53.5. The minimum atomic E-state index is -1.30. The van der Waals surface area contributed by atoms with E-state index in [0.717, 1.165) is 6.07 Å². The third-order valence-corrected chi connectivity index (χ3v) is 2.77. The zero-order valence-corrected chi connectivity index (χ0v) is 10.8. The van der Waals surface area contributed by atoms with Gasteiger partial charge >= 0.3 is 0 Å². The number of hydrogen-bond acceptors (Lipinski definition) is 2. The number of amides is 1. The fourth-order valence-corrected chi connectivity index (χ4v) is 1.81. The summed E-state index contributed by atoms with van der Waals surface area (Å²) in [6, 6.07) is 3.15. The average molecular weight is 298 g/mol. The van der Waals surface area contributed by atoms with Gasteiger partial charge in [-0.1, -0.05) is 0 Å². The highest BCUT2D eigenvalue weighted by atomic mass is 19.1. The number of benzene rings is 2. The largest absolute Gasteiger partial charge is 0.399 e. The third kappa shape index (κ3) is 2.96. The van der Waals surface area contributed by atoms with Gasteiger partial charge < -0.3 is 11.1 Å². The minimum Gasteiger partial charge on any atom is -0.399 e. The Morgan fingerprint density at radius 3 is 2.19 bits per heavy atom. The van der Waals surface area contributed by atoms with Crippen molar-refractivity contribution in [3.05, 3.63) is 58.7 Å². The first-order valence-electron chi connectivity index (χ1n) is 5.81. The second kappa shape index (κ2) is 5.43. The highest BCUT2D eigenvalue weighted by molar-refractivity contribution is 6.05. The molecule has 2 aromatic carbocycles. The summed E-state index contributed by atoms with van der Waals surface area (Å²) in [7, 11) is 0. The van der Waals surface area contributed by atoms with Crippen molar-refractivity contribution in [3.63, 3.8) is 0 Å². The Bertz CT molecular complexity index is 708. The van der Waals surface area contributed by atoms with Gasteiger partial charge in [-0.2, -0.15) is 0 Å². The number of halogens is 4. The van der Waals surface area contributed by atoms with E-state index >= 15 is 0 Å². The van der Waals surface area contributed by atoms with Crippen molar-refractivity contribution in [2.45, 2.75) is 6.92 Å². The predicted molar refractivity (Wildman–Crippen MR) is 69.8 cm³/mol. The Morgan fingerprint density at radius 1 is 1.05 bits per heavy atom. The average Bonchev–Trinajstić information content (AvgIpc) is 2.37. The summed E-state index contributed by atoms with van der Waals surface area (Å²) in [5, 5.41) is 1.87. The number of rotatable bonds is 2. The number of nitrogens with two attached hydrogens (primary N) is 1. The number of aryl methyl sites for hydroxylation is 1. The molecule has 0 aliphatic carbocycles. The maximum absolute atomic E-state index is 13.8. The normalized spacial score (nSPS) is 10.5. The van der Waals surface area contributed by atoms with Gasteiger partial charge in [-0.25, -0.2) is 17.6 Å².